The molecule has 1 fully saturated rings. The normalized spacial score (nSPS) is 20.7. The van der Waals surface area contributed by atoms with Crippen molar-refractivity contribution in [3.8, 4) is 0 Å². The smallest absolute Gasteiger partial charge is 0.320 e. The van der Waals surface area contributed by atoms with Gasteiger partial charge in [0.2, 0.25) is 0 Å². The number of aliphatic carboxylic acids is 1. The van der Waals surface area contributed by atoms with Crippen LogP contribution in [0.3, 0.4) is 0 Å². The van der Waals surface area contributed by atoms with Gasteiger partial charge in [0.25, 0.3) is 0 Å². The summed E-state index contributed by atoms with van der Waals surface area (Å²) in [5.74, 6) is -0.980. The van der Waals surface area contributed by atoms with E-state index in [0.29, 0.717) is 18.5 Å². The number of nitrogens with zero attached hydrogens (tertiary/aromatic N) is 1. The minimum atomic E-state index is -0.763. The molecule has 0 bridgehead atoms. The van der Waals surface area contributed by atoms with E-state index in [0.717, 1.165) is 18.5 Å². The van der Waals surface area contributed by atoms with E-state index in [4.69, 9.17) is 5.11 Å². The summed E-state index contributed by atoms with van der Waals surface area (Å²) < 4.78 is 13.1. The maximum atomic E-state index is 13.1. The van der Waals surface area contributed by atoms with Crippen molar-refractivity contribution in [2.45, 2.75) is 32.4 Å². The first-order valence-corrected chi connectivity index (χ1v) is 5.80. The van der Waals surface area contributed by atoms with Gasteiger partial charge in [-0.1, -0.05) is 12.1 Å². The zero-order valence-electron chi connectivity index (χ0n) is 9.82. The molecule has 1 aromatic rings. The zero-order valence-corrected chi connectivity index (χ0v) is 9.82. The fourth-order valence-corrected chi connectivity index (χ4v) is 2.33. The van der Waals surface area contributed by atoms with E-state index >= 15 is 0 Å². The summed E-state index contributed by atoms with van der Waals surface area (Å²) in [5.41, 5.74) is 1.57. The highest BCUT2D eigenvalue weighted by Crippen LogP contribution is 2.21. The molecular formula is C13H16FNO2. The molecule has 0 radical (unpaired) electrons. The number of halogens is 1. The van der Waals surface area contributed by atoms with Crippen molar-refractivity contribution in [2.24, 2.45) is 0 Å². The molecule has 1 aliphatic rings. The number of rotatable bonds is 3. The highest BCUT2D eigenvalue weighted by atomic mass is 19.1. The van der Waals surface area contributed by atoms with Crippen molar-refractivity contribution in [1.29, 1.82) is 0 Å². The summed E-state index contributed by atoms with van der Waals surface area (Å²) in [7, 11) is 0. The van der Waals surface area contributed by atoms with Gasteiger partial charge in [0, 0.05) is 6.54 Å². The van der Waals surface area contributed by atoms with Crippen LogP contribution in [0.1, 0.15) is 24.0 Å². The lowest BCUT2D eigenvalue weighted by Gasteiger charge is -2.21. The second-order valence-corrected chi connectivity index (χ2v) is 4.55. The lowest BCUT2D eigenvalue weighted by atomic mass is 10.1. The molecule has 2 rings (SSSR count). The average Bonchev–Trinajstić information content (AvgIpc) is 2.72. The second kappa shape index (κ2) is 4.84. The molecule has 1 saturated heterocycles. The van der Waals surface area contributed by atoms with Gasteiger partial charge >= 0.3 is 5.97 Å². The quantitative estimate of drug-likeness (QED) is 0.876. The van der Waals surface area contributed by atoms with Crippen molar-refractivity contribution in [3.63, 3.8) is 0 Å². The molecule has 1 aliphatic heterocycles. The van der Waals surface area contributed by atoms with Crippen LogP contribution < -0.4 is 0 Å². The average molecular weight is 237 g/mol. The van der Waals surface area contributed by atoms with Gasteiger partial charge in [-0.05, 0) is 43.5 Å². The van der Waals surface area contributed by atoms with Crippen molar-refractivity contribution in [2.75, 3.05) is 6.54 Å². The number of benzene rings is 1. The molecule has 92 valence electrons. The van der Waals surface area contributed by atoms with Gasteiger partial charge in [0.1, 0.15) is 11.9 Å². The monoisotopic (exact) mass is 237 g/mol. The fraction of sp³-hybridized carbons (Fsp3) is 0.462. The van der Waals surface area contributed by atoms with Crippen LogP contribution in [-0.4, -0.2) is 28.6 Å². The number of carbonyl (C=O) groups is 1. The van der Waals surface area contributed by atoms with E-state index in [1.807, 2.05) is 4.90 Å². The topological polar surface area (TPSA) is 40.5 Å². The van der Waals surface area contributed by atoms with Crippen LogP contribution in [0.25, 0.3) is 0 Å². The van der Waals surface area contributed by atoms with Crippen LogP contribution >= 0.6 is 0 Å². The van der Waals surface area contributed by atoms with E-state index in [9.17, 15) is 9.18 Å². The van der Waals surface area contributed by atoms with E-state index in [-0.39, 0.29) is 11.9 Å². The molecule has 4 heteroatoms. The number of likely N-dealkylation sites (tertiary alicyclic amines) is 1. The molecule has 0 amide bonds. The molecule has 1 aromatic carbocycles. The second-order valence-electron chi connectivity index (χ2n) is 4.55. The Morgan fingerprint density at radius 3 is 3.00 bits per heavy atom. The minimum absolute atomic E-state index is 0.218. The first-order chi connectivity index (χ1) is 8.08. The zero-order chi connectivity index (χ0) is 12.4. The van der Waals surface area contributed by atoms with Crippen LogP contribution in [0, 0.1) is 12.7 Å². The Hall–Kier alpha value is -1.42. The Bertz CT molecular complexity index is 433. The predicted molar refractivity (Wildman–Crippen MR) is 62.2 cm³/mol. The molecule has 3 nitrogen and oxygen atoms in total. The van der Waals surface area contributed by atoms with E-state index in [1.165, 1.54) is 6.07 Å². The Labute approximate surface area is 99.9 Å². The third-order valence-electron chi connectivity index (χ3n) is 3.26. The SMILES string of the molecule is Cc1cc(CN2CCC[C@H]2C(=O)O)ccc1F. The molecule has 17 heavy (non-hydrogen) atoms. The molecule has 0 spiro atoms. The van der Waals surface area contributed by atoms with Gasteiger partial charge < -0.3 is 5.11 Å². The van der Waals surface area contributed by atoms with Crippen molar-refractivity contribution in [1.82, 2.24) is 4.90 Å². The van der Waals surface area contributed by atoms with Gasteiger partial charge in [-0.3, -0.25) is 9.69 Å². The van der Waals surface area contributed by atoms with Crippen LogP contribution in [0.5, 0.6) is 0 Å². The summed E-state index contributed by atoms with van der Waals surface area (Å²) in [4.78, 5) is 13.0. The highest BCUT2D eigenvalue weighted by molar-refractivity contribution is 5.73. The van der Waals surface area contributed by atoms with E-state index in [1.54, 1.807) is 19.1 Å². The summed E-state index contributed by atoms with van der Waals surface area (Å²) >= 11 is 0. The predicted octanol–water partition coefficient (Wildman–Crippen LogP) is 2.18. The molecule has 1 atom stereocenters. The van der Waals surface area contributed by atoms with Crippen LogP contribution in [0.2, 0.25) is 0 Å². The van der Waals surface area contributed by atoms with Crippen LogP contribution in [0.15, 0.2) is 18.2 Å². The standard InChI is InChI=1S/C13H16FNO2/c1-9-7-10(4-5-11(9)14)8-15-6-2-3-12(15)13(16)17/h4-5,7,12H,2-3,6,8H2,1H3,(H,16,17)/t12-/m0/s1. The molecule has 0 unspecified atom stereocenters. The Kier molecular flexibility index (Phi) is 3.43. The van der Waals surface area contributed by atoms with E-state index in [2.05, 4.69) is 0 Å². The molecule has 1 heterocycles. The fourth-order valence-electron chi connectivity index (χ4n) is 2.33. The van der Waals surface area contributed by atoms with Gasteiger partial charge in [-0.2, -0.15) is 0 Å². The van der Waals surface area contributed by atoms with Gasteiger partial charge in [0.05, 0.1) is 0 Å². The first kappa shape index (κ1) is 12.0. The molecule has 0 aromatic heterocycles. The maximum Gasteiger partial charge on any atom is 0.320 e. The minimum Gasteiger partial charge on any atom is -0.480 e. The van der Waals surface area contributed by atoms with Gasteiger partial charge in [0.15, 0.2) is 0 Å². The maximum absolute atomic E-state index is 13.1. The Morgan fingerprint density at radius 1 is 1.59 bits per heavy atom. The molecule has 1 N–H and O–H groups in total. The lowest BCUT2D eigenvalue weighted by molar-refractivity contribution is -0.142. The third-order valence-corrected chi connectivity index (χ3v) is 3.26. The van der Waals surface area contributed by atoms with Crippen LogP contribution in [-0.2, 0) is 11.3 Å². The van der Waals surface area contributed by atoms with Crippen molar-refractivity contribution < 1.29 is 14.3 Å². The summed E-state index contributed by atoms with van der Waals surface area (Å²) in [6, 6.07) is 4.56. The number of aryl methyl sites for hydroxylation is 1. The van der Waals surface area contributed by atoms with Crippen LogP contribution in [0.4, 0.5) is 4.39 Å². The number of carboxylic acids is 1. The van der Waals surface area contributed by atoms with E-state index < -0.39 is 5.97 Å². The molecule has 0 aliphatic carbocycles. The van der Waals surface area contributed by atoms with Crippen molar-refractivity contribution in [3.05, 3.63) is 35.1 Å². The van der Waals surface area contributed by atoms with Gasteiger partial charge in [-0.15, -0.1) is 0 Å². The Morgan fingerprint density at radius 2 is 2.35 bits per heavy atom. The largest absolute Gasteiger partial charge is 0.480 e. The number of hydrogen-bond donors (Lipinski definition) is 1. The number of carboxylic acid groups (broad SMARTS) is 1. The summed E-state index contributed by atoms with van der Waals surface area (Å²) in [5, 5.41) is 9.06. The van der Waals surface area contributed by atoms with Gasteiger partial charge in [-0.25, -0.2) is 4.39 Å². The molecular weight excluding hydrogens is 221 g/mol. The summed E-state index contributed by atoms with van der Waals surface area (Å²) in [6.45, 7) is 3.10. The lowest BCUT2D eigenvalue weighted by Crippen LogP contribution is -2.35. The summed E-state index contributed by atoms with van der Waals surface area (Å²) in [6.07, 6.45) is 1.62. The highest BCUT2D eigenvalue weighted by Gasteiger charge is 2.30. The first-order valence-electron chi connectivity index (χ1n) is 5.80. The Balaban J connectivity index is 2.09. The third kappa shape index (κ3) is 2.64. The van der Waals surface area contributed by atoms with Crippen molar-refractivity contribution >= 4 is 5.97 Å². The number of hydrogen-bond acceptors (Lipinski definition) is 2. The molecule has 0 saturated carbocycles.